The van der Waals surface area contributed by atoms with Crippen LogP contribution in [0.25, 0.3) is 0 Å². The summed E-state index contributed by atoms with van der Waals surface area (Å²) in [6, 6.07) is 0. The summed E-state index contributed by atoms with van der Waals surface area (Å²) in [5.74, 6) is 2.76. The zero-order valence-corrected chi connectivity index (χ0v) is 10.7. The Labute approximate surface area is 106 Å². The summed E-state index contributed by atoms with van der Waals surface area (Å²) in [5.41, 5.74) is 0. The first kappa shape index (κ1) is 11.6. The molecule has 1 aromatic rings. The van der Waals surface area contributed by atoms with Gasteiger partial charge in [-0.3, -0.25) is 4.79 Å². The molecule has 1 atom stereocenters. The number of fused-ring (bicyclic) bond motifs is 1. The van der Waals surface area contributed by atoms with Crippen molar-refractivity contribution < 1.29 is 4.79 Å². The van der Waals surface area contributed by atoms with E-state index in [1.807, 2.05) is 4.90 Å². The molecule has 2 aliphatic rings. The Morgan fingerprint density at radius 1 is 1.33 bits per heavy atom. The monoisotopic (exact) mass is 249 g/mol. The van der Waals surface area contributed by atoms with Gasteiger partial charge in [0.2, 0.25) is 5.91 Å². The minimum Gasteiger partial charge on any atom is -0.341 e. The Balaban J connectivity index is 1.82. The molecule has 0 radical (unpaired) electrons. The molecule has 6 nitrogen and oxygen atoms in total. The van der Waals surface area contributed by atoms with Crippen LogP contribution >= 0.6 is 0 Å². The van der Waals surface area contributed by atoms with Gasteiger partial charge in [-0.1, -0.05) is 0 Å². The lowest BCUT2D eigenvalue weighted by molar-refractivity contribution is -0.128. The van der Waals surface area contributed by atoms with Crippen LogP contribution in [0.5, 0.6) is 0 Å². The zero-order valence-electron chi connectivity index (χ0n) is 10.7. The summed E-state index contributed by atoms with van der Waals surface area (Å²) < 4.78 is 2.22. The van der Waals surface area contributed by atoms with Crippen LogP contribution in [0.4, 0.5) is 0 Å². The SMILES string of the molecule is CC(=O)N1CCc2nnc(C3CCNC3)n2CC1. The normalized spacial score (nSPS) is 23.8. The number of nitrogens with one attached hydrogen (secondary N) is 1. The minimum atomic E-state index is 0.151. The second-order valence-electron chi connectivity index (χ2n) is 5.07. The summed E-state index contributed by atoms with van der Waals surface area (Å²) in [6.45, 7) is 6.05. The standard InChI is InChI=1S/C12H19N5O/c1-9(18)16-5-3-11-14-15-12(17(11)7-6-16)10-2-4-13-8-10/h10,13H,2-8H2,1H3. The Morgan fingerprint density at radius 3 is 2.94 bits per heavy atom. The molecule has 0 spiro atoms. The molecule has 1 N–H and O–H groups in total. The fraction of sp³-hybridized carbons (Fsp3) is 0.750. The van der Waals surface area contributed by atoms with E-state index in [1.54, 1.807) is 6.92 Å². The number of nitrogens with zero attached hydrogens (tertiary/aromatic N) is 4. The summed E-state index contributed by atoms with van der Waals surface area (Å²) in [5, 5.41) is 12.0. The molecule has 3 rings (SSSR count). The van der Waals surface area contributed by atoms with Crippen molar-refractivity contribution in [3.05, 3.63) is 11.6 Å². The van der Waals surface area contributed by atoms with Gasteiger partial charge in [0, 0.05) is 45.4 Å². The van der Waals surface area contributed by atoms with Crippen LogP contribution in [0.15, 0.2) is 0 Å². The number of carbonyl (C=O) groups is 1. The minimum absolute atomic E-state index is 0.151. The molecule has 6 heteroatoms. The van der Waals surface area contributed by atoms with Crippen molar-refractivity contribution in [1.29, 1.82) is 0 Å². The van der Waals surface area contributed by atoms with Crippen LogP contribution in [0.2, 0.25) is 0 Å². The fourth-order valence-electron chi connectivity index (χ4n) is 2.84. The van der Waals surface area contributed by atoms with Gasteiger partial charge in [-0.2, -0.15) is 0 Å². The lowest BCUT2D eigenvalue weighted by Gasteiger charge is -2.18. The predicted molar refractivity (Wildman–Crippen MR) is 66.2 cm³/mol. The van der Waals surface area contributed by atoms with E-state index in [0.717, 1.165) is 57.2 Å². The van der Waals surface area contributed by atoms with Crippen molar-refractivity contribution in [3.8, 4) is 0 Å². The van der Waals surface area contributed by atoms with Gasteiger partial charge in [0.1, 0.15) is 11.6 Å². The Bertz CT molecular complexity index is 449. The van der Waals surface area contributed by atoms with E-state index in [2.05, 4.69) is 20.1 Å². The Hall–Kier alpha value is -1.43. The average Bonchev–Trinajstić information content (AvgIpc) is 2.94. The molecule has 3 heterocycles. The van der Waals surface area contributed by atoms with E-state index in [1.165, 1.54) is 0 Å². The fourth-order valence-corrected chi connectivity index (χ4v) is 2.84. The average molecular weight is 249 g/mol. The molecular weight excluding hydrogens is 230 g/mol. The van der Waals surface area contributed by atoms with E-state index in [0.29, 0.717) is 5.92 Å². The molecule has 0 aliphatic carbocycles. The van der Waals surface area contributed by atoms with E-state index < -0.39 is 0 Å². The number of hydrogen-bond acceptors (Lipinski definition) is 4. The van der Waals surface area contributed by atoms with Gasteiger partial charge < -0.3 is 14.8 Å². The maximum atomic E-state index is 11.4. The molecule has 1 amide bonds. The molecular formula is C12H19N5O. The number of rotatable bonds is 1. The van der Waals surface area contributed by atoms with Gasteiger partial charge in [-0.15, -0.1) is 10.2 Å². The Kier molecular flexibility index (Phi) is 3.03. The molecule has 0 aromatic carbocycles. The molecule has 2 aliphatic heterocycles. The van der Waals surface area contributed by atoms with Crippen LogP contribution in [-0.2, 0) is 17.8 Å². The quantitative estimate of drug-likeness (QED) is 0.746. The Morgan fingerprint density at radius 2 is 2.22 bits per heavy atom. The number of aromatic nitrogens is 3. The smallest absolute Gasteiger partial charge is 0.219 e. The topological polar surface area (TPSA) is 63.1 Å². The van der Waals surface area contributed by atoms with E-state index in [9.17, 15) is 4.79 Å². The van der Waals surface area contributed by atoms with Gasteiger partial charge in [0.05, 0.1) is 0 Å². The first-order chi connectivity index (χ1) is 8.75. The van der Waals surface area contributed by atoms with Gasteiger partial charge >= 0.3 is 0 Å². The third-order valence-corrected chi connectivity index (χ3v) is 3.93. The second kappa shape index (κ2) is 4.68. The van der Waals surface area contributed by atoms with Crippen LogP contribution < -0.4 is 5.32 Å². The lowest BCUT2D eigenvalue weighted by Crippen LogP contribution is -2.31. The summed E-state index contributed by atoms with van der Waals surface area (Å²) >= 11 is 0. The van der Waals surface area contributed by atoms with Crippen molar-refractivity contribution in [1.82, 2.24) is 25.0 Å². The maximum Gasteiger partial charge on any atom is 0.219 e. The number of carbonyl (C=O) groups excluding carboxylic acids is 1. The van der Waals surface area contributed by atoms with Gasteiger partial charge in [-0.25, -0.2) is 0 Å². The van der Waals surface area contributed by atoms with Gasteiger partial charge in [-0.05, 0) is 13.0 Å². The van der Waals surface area contributed by atoms with E-state index >= 15 is 0 Å². The molecule has 1 unspecified atom stereocenters. The maximum absolute atomic E-state index is 11.4. The van der Waals surface area contributed by atoms with Crippen molar-refractivity contribution in [2.45, 2.75) is 32.2 Å². The largest absolute Gasteiger partial charge is 0.341 e. The van der Waals surface area contributed by atoms with Crippen LogP contribution in [0.1, 0.15) is 30.9 Å². The third kappa shape index (κ3) is 2.01. The first-order valence-electron chi connectivity index (χ1n) is 6.64. The highest BCUT2D eigenvalue weighted by Gasteiger charge is 2.26. The summed E-state index contributed by atoms with van der Waals surface area (Å²) in [6.07, 6.45) is 1.95. The molecule has 98 valence electrons. The zero-order chi connectivity index (χ0) is 12.5. The van der Waals surface area contributed by atoms with Crippen molar-refractivity contribution in [2.24, 2.45) is 0 Å². The van der Waals surface area contributed by atoms with E-state index in [-0.39, 0.29) is 5.91 Å². The van der Waals surface area contributed by atoms with Crippen molar-refractivity contribution >= 4 is 5.91 Å². The first-order valence-corrected chi connectivity index (χ1v) is 6.64. The molecule has 0 bridgehead atoms. The van der Waals surface area contributed by atoms with Gasteiger partial charge in [0.15, 0.2) is 0 Å². The molecule has 1 fully saturated rings. The highest BCUT2D eigenvalue weighted by Crippen LogP contribution is 2.22. The van der Waals surface area contributed by atoms with Crippen LogP contribution in [0.3, 0.4) is 0 Å². The number of amides is 1. The molecule has 1 aromatic heterocycles. The molecule has 0 saturated carbocycles. The van der Waals surface area contributed by atoms with Crippen molar-refractivity contribution in [3.63, 3.8) is 0 Å². The highest BCUT2D eigenvalue weighted by atomic mass is 16.2. The molecule has 18 heavy (non-hydrogen) atoms. The van der Waals surface area contributed by atoms with Gasteiger partial charge in [0.25, 0.3) is 0 Å². The predicted octanol–water partition coefficient (Wildman–Crippen LogP) is -0.240. The third-order valence-electron chi connectivity index (χ3n) is 3.93. The highest BCUT2D eigenvalue weighted by molar-refractivity contribution is 5.73. The second-order valence-corrected chi connectivity index (χ2v) is 5.07. The lowest BCUT2D eigenvalue weighted by atomic mass is 10.1. The molecule has 1 saturated heterocycles. The summed E-state index contributed by atoms with van der Waals surface area (Å²) in [4.78, 5) is 13.3. The van der Waals surface area contributed by atoms with Crippen molar-refractivity contribution in [2.75, 3.05) is 26.2 Å². The van der Waals surface area contributed by atoms with Crippen LogP contribution in [0, 0.1) is 0 Å². The van der Waals surface area contributed by atoms with Crippen LogP contribution in [-0.4, -0.2) is 51.8 Å². The summed E-state index contributed by atoms with van der Waals surface area (Å²) in [7, 11) is 0. The number of hydrogen-bond donors (Lipinski definition) is 1. The van der Waals surface area contributed by atoms with E-state index in [4.69, 9.17) is 0 Å².